The molecule has 1 spiro atoms. The molecule has 54 heavy (non-hydrogen) atoms. The summed E-state index contributed by atoms with van der Waals surface area (Å²) in [6, 6.07) is 66.0. The smallest absolute Gasteiger partial charge is 0.164 e. The van der Waals surface area contributed by atoms with Crippen molar-refractivity contribution in [2.75, 3.05) is 0 Å². The molecule has 9 aromatic rings. The molecule has 4 nitrogen and oxygen atoms in total. The topological polar surface area (TPSA) is 47.9 Å². The van der Waals surface area contributed by atoms with E-state index in [-0.39, 0.29) is 0 Å². The Labute approximate surface area is 313 Å². The van der Waals surface area contributed by atoms with E-state index in [1.54, 1.807) is 0 Å². The van der Waals surface area contributed by atoms with Gasteiger partial charge in [-0.3, -0.25) is 0 Å². The summed E-state index contributed by atoms with van der Waals surface area (Å²) in [7, 11) is 0. The summed E-state index contributed by atoms with van der Waals surface area (Å²) in [6.45, 7) is 0. The first-order valence-corrected chi connectivity index (χ1v) is 18.3. The summed E-state index contributed by atoms with van der Waals surface area (Å²) in [5, 5.41) is 2.18. The van der Waals surface area contributed by atoms with Crippen molar-refractivity contribution in [3.8, 4) is 67.9 Å². The van der Waals surface area contributed by atoms with Crippen molar-refractivity contribution in [1.82, 2.24) is 15.0 Å². The lowest BCUT2D eigenvalue weighted by molar-refractivity contribution is 0.436. The third kappa shape index (κ3) is 4.47. The lowest BCUT2D eigenvalue weighted by Crippen LogP contribution is -2.32. The summed E-state index contributed by atoms with van der Waals surface area (Å²) in [5.41, 5.74) is 12.0. The standard InChI is InChI=1S/C50H31N3O/c1-3-15-32(16-4-1)47-51-48(33-17-5-2-6-18-33)53-49(52-47)40-24-14-22-36-35(21-13-23-37(36)40)34-29-30-44-46(31-34)54-45-28-12-11-27-43(45)50(44)41-25-9-7-19-38(41)39-20-8-10-26-42(39)50/h1-31H. The summed E-state index contributed by atoms with van der Waals surface area (Å²) in [6.07, 6.45) is 0. The summed E-state index contributed by atoms with van der Waals surface area (Å²) in [4.78, 5) is 15.1. The van der Waals surface area contributed by atoms with Gasteiger partial charge >= 0.3 is 0 Å². The Morgan fingerprint density at radius 2 is 0.796 bits per heavy atom. The highest BCUT2D eigenvalue weighted by atomic mass is 16.5. The van der Waals surface area contributed by atoms with Gasteiger partial charge in [0.05, 0.1) is 5.41 Å². The number of aromatic nitrogens is 3. The van der Waals surface area contributed by atoms with Crippen LogP contribution in [0.2, 0.25) is 0 Å². The third-order valence-corrected chi connectivity index (χ3v) is 11.0. The fourth-order valence-corrected chi connectivity index (χ4v) is 8.71. The molecule has 2 aliphatic rings. The van der Waals surface area contributed by atoms with Gasteiger partial charge in [0, 0.05) is 27.8 Å². The van der Waals surface area contributed by atoms with Gasteiger partial charge in [-0.15, -0.1) is 0 Å². The van der Waals surface area contributed by atoms with Crippen molar-refractivity contribution >= 4 is 10.8 Å². The van der Waals surface area contributed by atoms with Crippen LogP contribution in [0.3, 0.4) is 0 Å². The molecular weight excluding hydrogens is 659 g/mol. The molecule has 1 aliphatic carbocycles. The minimum absolute atomic E-state index is 0.493. The third-order valence-electron chi connectivity index (χ3n) is 11.0. The van der Waals surface area contributed by atoms with Crippen LogP contribution in [-0.4, -0.2) is 15.0 Å². The van der Waals surface area contributed by atoms with Gasteiger partial charge in [0.2, 0.25) is 0 Å². The van der Waals surface area contributed by atoms with Gasteiger partial charge in [0.1, 0.15) is 11.5 Å². The van der Waals surface area contributed by atoms with Gasteiger partial charge in [0.25, 0.3) is 0 Å². The molecule has 1 aliphatic heterocycles. The van der Waals surface area contributed by atoms with Crippen molar-refractivity contribution in [3.05, 3.63) is 210 Å². The van der Waals surface area contributed by atoms with Gasteiger partial charge < -0.3 is 4.74 Å². The molecule has 4 heteroatoms. The first-order valence-electron chi connectivity index (χ1n) is 18.3. The van der Waals surface area contributed by atoms with Crippen molar-refractivity contribution in [2.24, 2.45) is 0 Å². The van der Waals surface area contributed by atoms with Crippen LogP contribution >= 0.6 is 0 Å². The fraction of sp³-hybridized carbons (Fsp3) is 0.0200. The van der Waals surface area contributed by atoms with E-state index in [9.17, 15) is 0 Å². The quantitative estimate of drug-likeness (QED) is 0.185. The molecule has 2 heterocycles. The Hall–Kier alpha value is -7.17. The number of benzene rings is 8. The van der Waals surface area contributed by atoms with Crippen LogP contribution in [0.15, 0.2) is 188 Å². The summed E-state index contributed by atoms with van der Waals surface area (Å²) >= 11 is 0. The van der Waals surface area contributed by atoms with Crippen molar-refractivity contribution in [1.29, 1.82) is 0 Å². The molecular formula is C50H31N3O. The van der Waals surface area contributed by atoms with E-state index in [0.29, 0.717) is 17.5 Å². The van der Waals surface area contributed by atoms with Crippen LogP contribution in [0.5, 0.6) is 11.5 Å². The zero-order valence-electron chi connectivity index (χ0n) is 29.1. The second kappa shape index (κ2) is 11.9. The second-order valence-electron chi connectivity index (χ2n) is 13.9. The first-order chi connectivity index (χ1) is 26.8. The number of fused-ring (bicyclic) bond motifs is 10. The van der Waals surface area contributed by atoms with E-state index in [0.717, 1.165) is 55.7 Å². The van der Waals surface area contributed by atoms with Crippen LogP contribution in [0.1, 0.15) is 22.3 Å². The summed E-state index contributed by atoms with van der Waals surface area (Å²) in [5.74, 6) is 3.67. The van der Waals surface area contributed by atoms with E-state index in [2.05, 4.69) is 127 Å². The lowest BCUT2D eigenvalue weighted by atomic mass is 9.66. The van der Waals surface area contributed by atoms with Gasteiger partial charge in [-0.05, 0) is 56.3 Å². The molecule has 1 aromatic heterocycles. The highest BCUT2D eigenvalue weighted by Crippen LogP contribution is 2.62. The van der Waals surface area contributed by atoms with Crippen molar-refractivity contribution in [3.63, 3.8) is 0 Å². The monoisotopic (exact) mass is 689 g/mol. The largest absolute Gasteiger partial charge is 0.457 e. The van der Waals surface area contributed by atoms with Crippen LogP contribution < -0.4 is 4.74 Å². The SMILES string of the molecule is c1ccc(-c2nc(-c3ccccc3)nc(-c3cccc4c(-c5ccc6c(c5)Oc5ccccc5C65c6ccccc6-c6ccccc65)cccc34)n2)cc1. The van der Waals surface area contributed by atoms with Crippen LogP contribution in [-0.2, 0) is 5.41 Å². The van der Waals surface area contributed by atoms with Crippen molar-refractivity contribution in [2.45, 2.75) is 5.41 Å². The molecule has 0 radical (unpaired) electrons. The average molecular weight is 690 g/mol. The fourth-order valence-electron chi connectivity index (χ4n) is 8.71. The van der Waals surface area contributed by atoms with Gasteiger partial charge in [-0.25, -0.2) is 15.0 Å². The number of hydrogen-bond donors (Lipinski definition) is 0. The molecule has 0 amide bonds. The van der Waals surface area contributed by atoms with E-state index in [1.165, 1.54) is 27.8 Å². The van der Waals surface area contributed by atoms with E-state index < -0.39 is 5.41 Å². The van der Waals surface area contributed by atoms with Crippen molar-refractivity contribution < 1.29 is 4.74 Å². The van der Waals surface area contributed by atoms with E-state index in [1.807, 2.05) is 60.7 Å². The van der Waals surface area contributed by atoms with Gasteiger partial charge in [-0.1, -0.05) is 176 Å². The van der Waals surface area contributed by atoms with Crippen LogP contribution in [0.25, 0.3) is 67.2 Å². The van der Waals surface area contributed by atoms with Crippen LogP contribution in [0, 0.1) is 0 Å². The minimum atomic E-state index is -0.493. The highest BCUT2D eigenvalue weighted by Gasteiger charge is 2.50. The van der Waals surface area contributed by atoms with Gasteiger partial charge in [0.15, 0.2) is 17.5 Å². The highest BCUT2D eigenvalue weighted by molar-refractivity contribution is 6.04. The Morgan fingerprint density at radius 3 is 1.44 bits per heavy atom. The number of nitrogens with zero attached hydrogens (tertiary/aromatic N) is 3. The molecule has 252 valence electrons. The number of hydrogen-bond acceptors (Lipinski definition) is 4. The van der Waals surface area contributed by atoms with E-state index in [4.69, 9.17) is 19.7 Å². The molecule has 0 fully saturated rings. The Kier molecular flexibility index (Phi) is 6.73. The zero-order chi connectivity index (χ0) is 35.6. The maximum absolute atomic E-state index is 6.84. The summed E-state index contributed by atoms with van der Waals surface area (Å²) < 4.78 is 6.84. The zero-order valence-corrected chi connectivity index (χ0v) is 29.1. The predicted molar refractivity (Wildman–Crippen MR) is 216 cm³/mol. The van der Waals surface area contributed by atoms with Crippen LogP contribution in [0.4, 0.5) is 0 Å². The normalized spacial score (nSPS) is 13.1. The minimum Gasteiger partial charge on any atom is -0.457 e. The molecule has 0 saturated carbocycles. The average Bonchev–Trinajstić information content (AvgIpc) is 3.54. The Morgan fingerprint density at radius 1 is 0.315 bits per heavy atom. The molecule has 11 rings (SSSR count). The number of rotatable bonds is 4. The molecule has 0 unspecified atom stereocenters. The maximum atomic E-state index is 6.84. The Balaban J connectivity index is 1.09. The maximum Gasteiger partial charge on any atom is 0.164 e. The molecule has 8 aromatic carbocycles. The lowest BCUT2D eigenvalue weighted by Gasteiger charge is -2.39. The second-order valence-corrected chi connectivity index (χ2v) is 13.9. The van der Waals surface area contributed by atoms with E-state index >= 15 is 0 Å². The predicted octanol–water partition coefficient (Wildman–Crippen LogP) is 12.2. The first kappa shape index (κ1) is 30.5. The Bertz CT molecular complexity index is 2820. The van der Waals surface area contributed by atoms with Gasteiger partial charge in [-0.2, -0.15) is 0 Å². The number of para-hydroxylation sites is 1. The molecule has 0 N–H and O–H groups in total. The molecule has 0 bridgehead atoms. The molecule has 0 saturated heterocycles. The number of ether oxygens (including phenoxy) is 1. The molecule has 0 atom stereocenters.